The van der Waals surface area contributed by atoms with Gasteiger partial charge in [-0.25, -0.2) is 0 Å². The molecule has 0 aliphatic carbocycles. The quantitative estimate of drug-likeness (QED) is 0.810. The summed E-state index contributed by atoms with van der Waals surface area (Å²) in [5.41, 5.74) is 3.82. The topological polar surface area (TPSA) is 39.7 Å². The lowest BCUT2D eigenvalue weighted by atomic mass is 9.87. The number of rotatable bonds is 5. The molecule has 4 nitrogen and oxygen atoms in total. The third-order valence-electron chi connectivity index (χ3n) is 4.62. The van der Waals surface area contributed by atoms with Crippen LogP contribution in [0.2, 0.25) is 0 Å². The maximum absolute atomic E-state index is 5.57. The summed E-state index contributed by atoms with van der Waals surface area (Å²) in [6.07, 6.45) is 0.948. The molecule has 1 N–H and O–H groups in total. The minimum absolute atomic E-state index is 0.254. The highest BCUT2D eigenvalue weighted by Crippen LogP contribution is 2.44. The van der Waals surface area contributed by atoms with Crippen molar-refractivity contribution in [1.29, 1.82) is 0 Å². The van der Waals surface area contributed by atoms with Crippen molar-refractivity contribution in [1.82, 2.24) is 5.32 Å². The van der Waals surface area contributed by atoms with Crippen LogP contribution < -0.4 is 19.5 Å². The van der Waals surface area contributed by atoms with Crippen molar-refractivity contribution >= 4 is 15.9 Å². The van der Waals surface area contributed by atoms with E-state index in [1.165, 1.54) is 16.7 Å². The molecule has 3 rings (SSSR count). The number of methoxy groups -OCH3 is 2. The fraction of sp³-hybridized carbons (Fsp3) is 0.400. The van der Waals surface area contributed by atoms with Crippen LogP contribution in [0, 0.1) is 0 Å². The predicted octanol–water partition coefficient (Wildman–Crippen LogP) is 4.14. The average molecular weight is 406 g/mol. The minimum Gasteiger partial charge on any atom is -0.494 e. The van der Waals surface area contributed by atoms with Crippen molar-refractivity contribution in [2.75, 3.05) is 33.9 Å². The van der Waals surface area contributed by atoms with E-state index < -0.39 is 0 Å². The van der Waals surface area contributed by atoms with Gasteiger partial charge in [0.15, 0.2) is 11.5 Å². The van der Waals surface area contributed by atoms with Crippen molar-refractivity contribution < 1.29 is 14.2 Å². The lowest BCUT2D eigenvalue weighted by molar-refractivity contribution is 0.340. The van der Waals surface area contributed by atoms with Gasteiger partial charge in [0, 0.05) is 12.5 Å². The molecule has 0 aromatic heterocycles. The molecule has 0 saturated heterocycles. The molecule has 25 heavy (non-hydrogen) atoms. The Morgan fingerprint density at radius 2 is 1.92 bits per heavy atom. The largest absolute Gasteiger partial charge is 0.494 e. The molecule has 2 aromatic carbocycles. The number of hydrogen-bond donors (Lipinski definition) is 1. The van der Waals surface area contributed by atoms with Crippen LogP contribution in [0.25, 0.3) is 0 Å². The van der Waals surface area contributed by atoms with Crippen LogP contribution in [0.4, 0.5) is 0 Å². The first kappa shape index (κ1) is 18.1. The van der Waals surface area contributed by atoms with Gasteiger partial charge in [-0.1, -0.05) is 12.1 Å². The number of halogens is 1. The number of fused-ring (bicyclic) bond motifs is 1. The zero-order chi connectivity index (χ0) is 17.8. The molecule has 1 unspecified atom stereocenters. The van der Waals surface area contributed by atoms with Crippen LogP contribution in [0.1, 0.15) is 29.5 Å². The van der Waals surface area contributed by atoms with E-state index in [0.29, 0.717) is 6.61 Å². The highest BCUT2D eigenvalue weighted by molar-refractivity contribution is 9.10. The summed E-state index contributed by atoms with van der Waals surface area (Å²) in [5.74, 6) is 2.67. The first-order chi connectivity index (χ1) is 12.2. The number of nitrogens with one attached hydrogen (secondary N) is 1. The molecule has 2 aromatic rings. The zero-order valence-corrected chi connectivity index (χ0v) is 16.5. The SMILES string of the molecule is CCOc1ccc(C2CNCCc3c2cc(OC)c(OC)c3Br)cc1. The summed E-state index contributed by atoms with van der Waals surface area (Å²) in [4.78, 5) is 0. The fourth-order valence-electron chi connectivity index (χ4n) is 3.40. The molecule has 1 aliphatic rings. The van der Waals surface area contributed by atoms with Crippen molar-refractivity contribution in [3.8, 4) is 17.2 Å². The van der Waals surface area contributed by atoms with Gasteiger partial charge in [-0.05, 0) is 70.7 Å². The van der Waals surface area contributed by atoms with Crippen LogP contribution in [0.3, 0.4) is 0 Å². The Labute approximate surface area is 157 Å². The maximum atomic E-state index is 5.57. The van der Waals surface area contributed by atoms with Crippen molar-refractivity contribution in [2.24, 2.45) is 0 Å². The Morgan fingerprint density at radius 1 is 1.16 bits per heavy atom. The molecular formula is C20H24BrNO3. The fourth-order valence-corrected chi connectivity index (χ4v) is 4.19. The Kier molecular flexibility index (Phi) is 5.86. The van der Waals surface area contributed by atoms with Crippen LogP contribution in [0.5, 0.6) is 17.2 Å². The molecule has 5 heteroatoms. The van der Waals surface area contributed by atoms with Gasteiger partial charge >= 0.3 is 0 Å². The van der Waals surface area contributed by atoms with Gasteiger partial charge in [-0.3, -0.25) is 0 Å². The second-order valence-corrected chi connectivity index (χ2v) is 6.80. The highest BCUT2D eigenvalue weighted by atomic mass is 79.9. The third-order valence-corrected chi connectivity index (χ3v) is 5.46. The monoisotopic (exact) mass is 405 g/mol. The Bertz CT molecular complexity index is 731. The van der Waals surface area contributed by atoms with E-state index in [1.807, 2.05) is 19.1 Å². The molecule has 1 aliphatic heterocycles. The lowest BCUT2D eigenvalue weighted by Crippen LogP contribution is -2.20. The van der Waals surface area contributed by atoms with Crippen molar-refractivity contribution in [3.63, 3.8) is 0 Å². The first-order valence-corrected chi connectivity index (χ1v) is 9.35. The molecule has 0 fully saturated rings. The Balaban J connectivity index is 2.07. The number of benzene rings is 2. The van der Waals surface area contributed by atoms with Crippen LogP contribution in [0.15, 0.2) is 34.8 Å². The summed E-state index contributed by atoms with van der Waals surface area (Å²) in [6, 6.07) is 10.5. The summed E-state index contributed by atoms with van der Waals surface area (Å²) < 4.78 is 17.7. The number of ether oxygens (including phenoxy) is 3. The minimum atomic E-state index is 0.254. The van der Waals surface area contributed by atoms with Gasteiger partial charge in [0.05, 0.1) is 25.3 Å². The van der Waals surface area contributed by atoms with Gasteiger partial charge in [0.25, 0.3) is 0 Å². The normalized spacial score (nSPS) is 16.7. The molecular weight excluding hydrogens is 382 g/mol. The van der Waals surface area contributed by atoms with Crippen molar-refractivity contribution in [3.05, 3.63) is 51.5 Å². The van der Waals surface area contributed by atoms with E-state index in [2.05, 4.69) is 39.4 Å². The summed E-state index contributed by atoms with van der Waals surface area (Å²) in [7, 11) is 3.35. The first-order valence-electron chi connectivity index (χ1n) is 8.56. The smallest absolute Gasteiger partial charge is 0.175 e. The maximum Gasteiger partial charge on any atom is 0.175 e. The van der Waals surface area contributed by atoms with E-state index in [9.17, 15) is 0 Å². The summed E-state index contributed by atoms with van der Waals surface area (Å²) in [5, 5.41) is 3.55. The molecule has 0 spiro atoms. The van der Waals surface area contributed by atoms with E-state index in [4.69, 9.17) is 14.2 Å². The van der Waals surface area contributed by atoms with E-state index in [-0.39, 0.29) is 5.92 Å². The molecule has 134 valence electrons. The zero-order valence-electron chi connectivity index (χ0n) is 14.9. The van der Waals surface area contributed by atoms with Crippen molar-refractivity contribution in [2.45, 2.75) is 19.3 Å². The van der Waals surface area contributed by atoms with Crippen LogP contribution in [-0.4, -0.2) is 33.9 Å². The van der Waals surface area contributed by atoms with E-state index in [1.54, 1.807) is 14.2 Å². The standard InChI is InChI=1S/C20H24BrNO3/c1-4-25-14-7-5-13(6-8-14)17-12-22-10-9-15-16(17)11-18(23-2)20(24-3)19(15)21/h5-8,11,17,22H,4,9-10,12H2,1-3H3. The molecule has 1 atom stereocenters. The molecule has 0 amide bonds. The third kappa shape index (κ3) is 3.62. The average Bonchev–Trinajstić information content (AvgIpc) is 2.85. The summed E-state index contributed by atoms with van der Waals surface area (Å²) >= 11 is 3.73. The Hall–Kier alpha value is -1.72. The second-order valence-electron chi connectivity index (χ2n) is 6.00. The lowest BCUT2D eigenvalue weighted by Gasteiger charge is -2.22. The van der Waals surface area contributed by atoms with Crippen LogP contribution in [-0.2, 0) is 6.42 Å². The van der Waals surface area contributed by atoms with Gasteiger partial charge in [0.1, 0.15) is 5.75 Å². The Morgan fingerprint density at radius 3 is 2.56 bits per heavy atom. The van der Waals surface area contributed by atoms with Gasteiger partial charge in [0.2, 0.25) is 0 Å². The van der Waals surface area contributed by atoms with Gasteiger partial charge in [-0.15, -0.1) is 0 Å². The van der Waals surface area contributed by atoms with Gasteiger partial charge < -0.3 is 19.5 Å². The summed E-state index contributed by atoms with van der Waals surface area (Å²) in [6.45, 7) is 4.51. The second kappa shape index (κ2) is 8.11. The predicted molar refractivity (Wildman–Crippen MR) is 103 cm³/mol. The molecule has 0 radical (unpaired) electrons. The van der Waals surface area contributed by atoms with Crippen LogP contribution >= 0.6 is 15.9 Å². The molecule has 1 heterocycles. The molecule has 0 bridgehead atoms. The van der Waals surface area contributed by atoms with Gasteiger partial charge in [-0.2, -0.15) is 0 Å². The number of hydrogen-bond acceptors (Lipinski definition) is 4. The highest BCUT2D eigenvalue weighted by Gasteiger charge is 2.26. The molecule has 0 saturated carbocycles. The van der Waals surface area contributed by atoms with E-state index in [0.717, 1.165) is 41.2 Å². The van der Waals surface area contributed by atoms with E-state index >= 15 is 0 Å².